The largest absolute Gasteiger partial charge is 0.365 e. The van der Waals surface area contributed by atoms with Crippen molar-refractivity contribution in [1.82, 2.24) is 9.97 Å². The fourth-order valence-electron chi connectivity index (χ4n) is 5.07. The van der Waals surface area contributed by atoms with Crippen LogP contribution in [0.4, 0.5) is 15.9 Å². The van der Waals surface area contributed by atoms with E-state index in [1.165, 1.54) is 18.3 Å². The molecule has 7 nitrogen and oxygen atoms in total. The van der Waals surface area contributed by atoms with Crippen LogP contribution in [0.25, 0.3) is 21.8 Å². The van der Waals surface area contributed by atoms with Gasteiger partial charge in [0.25, 0.3) is 5.91 Å². The quantitative estimate of drug-likeness (QED) is 0.410. The molecule has 1 fully saturated rings. The number of nitrogens with zero attached hydrogens (tertiary/aromatic N) is 3. The van der Waals surface area contributed by atoms with E-state index in [2.05, 4.69) is 21.8 Å². The molecule has 35 heavy (non-hydrogen) atoms. The SMILES string of the molecule is CCCN(C[C@H]1CCCN(c2ccc(F)cc2)C1=O)c1ncc(C(N)=O)c2[nH]c3ccccc3c12. The summed E-state index contributed by atoms with van der Waals surface area (Å²) in [6, 6.07) is 13.9. The third-order valence-electron chi connectivity index (χ3n) is 6.70. The zero-order valence-electron chi connectivity index (χ0n) is 19.6. The summed E-state index contributed by atoms with van der Waals surface area (Å²) in [6.07, 6.45) is 4.02. The van der Waals surface area contributed by atoms with Crippen LogP contribution in [0.5, 0.6) is 0 Å². The van der Waals surface area contributed by atoms with Crippen molar-refractivity contribution in [2.45, 2.75) is 26.2 Å². The van der Waals surface area contributed by atoms with E-state index in [9.17, 15) is 14.0 Å². The third kappa shape index (κ3) is 4.20. The Kier molecular flexibility index (Phi) is 6.11. The van der Waals surface area contributed by atoms with Crippen molar-refractivity contribution < 1.29 is 14.0 Å². The molecular formula is C27H28FN5O2. The van der Waals surface area contributed by atoms with E-state index in [4.69, 9.17) is 5.73 Å². The molecule has 0 saturated carbocycles. The Hall–Kier alpha value is -3.94. The van der Waals surface area contributed by atoms with Crippen LogP contribution in [-0.2, 0) is 4.79 Å². The Balaban J connectivity index is 1.53. The Morgan fingerprint density at radius 1 is 1.23 bits per heavy atom. The van der Waals surface area contributed by atoms with Crippen molar-refractivity contribution >= 4 is 45.1 Å². The highest BCUT2D eigenvalue weighted by atomic mass is 19.1. The normalized spacial score (nSPS) is 16.2. The maximum Gasteiger partial charge on any atom is 0.252 e. The van der Waals surface area contributed by atoms with E-state index >= 15 is 0 Å². The molecule has 0 unspecified atom stereocenters. The molecule has 3 heterocycles. The number of fused-ring (bicyclic) bond motifs is 3. The van der Waals surface area contributed by atoms with E-state index in [0.29, 0.717) is 36.4 Å². The molecule has 4 aromatic rings. The minimum atomic E-state index is -0.542. The van der Waals surface area contributed by atoms with Gasteiger partial charge in [-0.05, 0) is 49.6 Å². The second-order valence-electron chi connectivity index (χ2n) is 9.03. The Labute approximate surface area is 202 Å². The molecule has 1 aliphatic heterocycles. The zero-order valence-corrected chi connectivity index (χ0v) is 19.6. The van der Waals surface area contributed by atoms with Gasteiger partial charge in [-0.2, -0.15) is 0 Å². The maximum absolute atomic E-state index is 13.5. The Morgan fingerprint density at radius 3 is 2.74 bits per heavy atom. The third-order valence-corrected chi connectivity index (χ3v) is 6.70. The number of H-pyrrole nitrogens is 1. The van der Waals surface area contributed by atoms with E-state index in [1.54, 1.807) is 17.0 Å². The van der Waals surface area contributed by atoms with Crippen LogP contribution in [0.15, 0.2) is 54.7 Å². The number of piperidine rings is 1. The van der Waals surface area contributed by atoms with Crippen LogP contribution in [0.2, 0.25) is 0 Å². The summed E-state index contributed by atoms with van der Waals surface area (Å²) >= 11 is 0. The van der Waals surface area contributed by atoms with Crippen molar-refractivity contribution in [3.63, 3.8) is 0 Å². The lowest BCUT2D eigenvalue weighted by molar-refractivity contribution is -0.123. The first-order valence-corrected chi connectivity index (χ1v) is 12.0. The summed E-state index contributed by atoms with van der Waals surface area (Å²) in [5, 5.41) is 1.79. The molecule has 0 radical (unpaired) electrons. The number of pyridine rings is 1. The number of amides is 2. The van der Waals surface area contributed by atoms with Crippen LogP contribution in [-0.4, -0.2) is 41.4 Å². The fraction of sp³-hybridized carbons (Fsp3) is 0.296. The number of rotatable bonds is 7. The van der Waals surface area contributed by atoms with Crippen LogP contribution >= 0.6 is 0 Å². The topological polar surface area (TPSA) is 95.3 Å². The molecule has 1 saturated heterocycles. The van der Waals surface area contributed by atoms with Gasteiger partial charge in [-0.25, -0.2) is 9.37 Å². The molecule has 1 aliphatic rings. The van der Waals surface area contributed by atoms with Gasteiger partial charge in [0.05, 0.1) is 22.4 Å². The molecule has 2 aromatic heterocycles. The van der Waals surface area contributed by atoms with Crippen molar-refractivity contribution in [1.29, 1.82) is 0 Å². The number of carbonyl (C=O) groups is 2. The maximum atomic E-state index is 13.5. The minimum Gasteiger partial charge on any atom is -0.365 e. The number of halogens is 1. The van der Waals surface area contributed by atoms with Gasteiger partial charge >= 0.3 is 0 Å². The summed E-state index contributed by atoms with van der Waals surface area (Å²) in [5.74, 6) is -0.320. The summed E-state index contributed by atoms with van der Waals surface area (Å²) in [7, 11) is 0. The molecular weight excluding hydrogens is 445 g/mol. The molecule has 1 atom stereocenters. The number of aromatic amines is 1. The molecule has 5 rings (SSSR count). The van der Waals surface area contributed by atoms with Crippen LogP contribution in [0.3, 0.4) is 0 Å². The van der Waals surface area contributed by atoms with Gasteiger partial charge in [0.2, 0.25) is 5.91 Å². The standard InChI is InChI=1S/C27H28FN5O2/c1-2-13-32(16-17-6-5-14-33(27(17)35)19-11-9-18(28)10-12-19)26-23-20-7-3-4-8-22(20)31-24(23)21(15-30-26)25(29)34/h3-4,7-12,15,17,31H,2,5-6,13-14,16H2,1H3,(H2,29,34)/t17-/m1/s1. The molecule has 2 amide bonds. The molecule has 3 N–H and O–H groups in total. The molecule has 180 valence electrons. The number of para-hydroxylation sites is 1. The Morgan fingerprint density at radius 2 is 2.00 bits per heavy atom. The predicted molar refractivity (Wildman–Crippen MR) is 136 cm³/mol. The van der Waals surface area contributed by atoms with Crippen LogP contribution in [0, 0.1) is 11.7 Å². The molecule has 2 aromatic carbocycles. The van der Waals surface area contributed by atoms with Crippen molar-refractivity contribution in [3.05, 3.63) is 66.1 Å². The highest BCUT2D eigenvalue weighted by Gasteiger charge is 2.32. The number of nitrogens with one attached hydrogen (secondary N) is 1. The lowest BCUT2D eigenvalue weighted by atomic mass is 9.95. The summed E-state index contributed by atoms with van der Waals surface area (Å²) in [6.45, 7) is 3.91. The fourth-order valence-corrected chi connectivity index (χ4v) is 5.07. The molecule has 0 bridgehead atoms. The monoisotopic (exact) mass is 473 g/mol. The highest BCUT2D eigenvalue weighted by Crippen LogP contribution is 2.35. The second-order valence-corrected chi connectivity index (χ2v) is 9.03. The van der Waals surface area contributed by atoms with Gasteiger partial charge in [0.15, 0.2) is 0 Å². The highest BCUT2D eigenvalue weighted by molar-refractivity contribution is 6.18. The lowest BCUT2D eigenvalue weighted by Gasteiger charge is -2.35. The summed E-state index contributed by atoms with van der Waals surface area (Å²) in [4.78, 5) is 37.5. The first kappa shape index (κ1) is 22.8. The summed E-state index contributed by atoms with van der Waals surface area (Å²) < 4.78 is 13.4. The van der Waals surface area contributed by atoms with E-state index in [0.717, 1.165) is 41.4 Å². The van der Waals surface area contributed by atoms with E-state index < -0.39 is 5.91 Å². The minimum absolute atomic E-state index is 0.0351. The Bertz CT molecular complexity index is 1400. The van der Waals surface area contributed by atoms with Gasteiger partial charge in [-0.15, -0.1) is 0 Å². The zero-order chi connectivity index (χ0) is 24.5. The summed E-state index contributed by atoms with van der Waals surface area (Å²) in [5.41, 5.74) is 8.26. The molecule has 0 spiro atoms. The van der Waals surface area contributed by atoms with Crippen molar-refractivity contribution in [2.24, 2.45) is 11.7 Å². The average Bonchev–Trinajstić information content (AvgIpc) is 3.24. The van der Waals surface area contributed by atoms with Gasteiger partial charge < -0.3 is 20.5 Å². The lowest BCUT2D eigenvalue weighted by Crippen LogP contribution is -2.46. The number of primary amides is 1. The van der Waals surface area contributed by atoms with Crippen LogP contribution in [0.1, 0.15) is 36.5 Å². The predicted octanol–water partition coefficient (Wildman–Crippen LogP) is 4.61. The number of hydrogen-bond acceptors (Lipinski definition) is 4. The van der Waals surface area contributed by atoms with E-state index in [-0.39, 0.29) is 17.6 Å². The average molecular weight is 474 g/mol. The smallest absolute Gasteiger partial charge is 0.252 e. The van der Waals surface area contributed by atoms with Gasteiger partial charge in [-0.1, -0.05) is 25.1 Å². The first-order chi connectivity index (χ1) is 17.0. The number of hydrogen-bond donors (Lipinski definition) is 2. The number of anilines is 2. The van der Waals surface area contributed by atoms with Gasteiger partial charge in [0.1, 0.15) is 11.6 Å². The van der Waals surface area contributed by atoms with Crippen LogP contribution < -0.4 is 15.5 Å². The number of carbonyl (C=O) groups excluding carboxylic acids is 2. The number of aromatic nitrogens is 2. The van der Waals surface area contributed by atoms with Crippen molar-refractivity contribution in [2.75, 3.05) is 29.4 Å². The van der Waals surface area contributed by atoms with Crippen molar-refractivity contribution in [3.8, 4) is 0 Å². The number of benzene rings is 2. The van der Waals surface area contributed by atoms with Gasteiger partial charge in [0, 0.05) is 42.4 Å². The van der Waals surface area contributed by atoms with Gasteiger partial charge in [-0.3, -0.25) is 9.59 Å². The van der Waals surface area contributed by atoms with E-state index in [1.807, 2.05) is 24.3 Å². The first-order valence-electron chi connectivity index (χ1n) is 12.0. The number of nitrogens with two attached hydrogens (primary N) is 1. The molecule has 8 heteroatoms. The second kappa shape index (κ2) is 9.37. The molecule has 0 aliphatic carbocycles.